The van der Waals surface area contributed by atoms with Crippen LogP contribution in [-0.2, 0) is 9.47 Å². The number of benzene rings is 2. The molecule has 0 fully saturated rings. The highest BCUT2D eigenvalue weighted by Gasteiger charge is 2.09. The molecule has 166 valence electrons. The van der Waals surface area contributed by atoms with Gasteiger partial charge in [0.25, 0.3) is 0 Å². The molecule has 2 rings (SSSR count). The van der Waals surface area contributed by atoms with Gasteiger partial charge in [0, 0.05) is 0 Å². The third-order valence-corrected chi connectivity index (χ3v) is 4.98. The molecule has 0 aliphatic carbocycles. The SMILES string of the molecule is C=CO/C(=C\C)COC(=O)c1ccc(-c2ccc(OCCCCCCCC)cc2)cc1. The number of esters is 1. The van der Waals surface area contributed by atoms with E-state index in [1.807, 2.05) is 43.3 Å². The molecule has 0 N–H and O–H groups in total. The summed E-state index contributed by atoms with van der Waals surface area (Å²) in [6.07, 6.45) is 10.6. The zero-order chi connectivity index (χ0) is 22.3. The van der Waals surface area contributed by atoms with Gasteiger partial charge in [-0.25, -0.2) is 4.79 Å². The molecule has 0 spiro atoms. The van der Waals surface area contributed by atoms with Gasteiger partial charge in [-0.2, -0.15) is 0 Å². The van der Waals surface area contributed by atoms with E-state index in [-0.39, 0.29) is 6.61 Å². The molecule has 0 amide bonds. The van der Waals surface area contributed by atoms with E-state index in [0.717, 1.165) is 29.9 Å². The molecular formula is C27H34O4. The Morgan fingerprint density at radius 2 is 1.52 bits per heavy atom. The van der Waals surface area contributed by atoms with E-state index in [1.165, 1.54) is 38.4 Å². The van der Waals surface area contributed by atoms with Crippen LogP contribution < -0.4 is 4.74 Å². The molecule has 0 saturated heterocycles. The van der Waals surface area contributed by atoms with Gasteiger partial charge in [-0.15, -0.1) is 0 Å². The number of hydrogen-bond acceptors (Lipinski definition) is 4. The van der Waals surface area contributed by atoms with E-state index in [9.17, 15) is 4.79 Å². The molecule has 4 nitrogen and oxygen atoms in total. The van der Waals surface area contributed by atoms with E-state index >= 15 is 0 Å². The lowest BCUT2D eigenvalue weighted by atomic mass is 10.0. The van der Waals surface area contributed by atoms with Crippen LogP contribution in [0.2, 0.25) is 0 Å². The van der Waals surface area contributed by atoms with Crippen LogP contribution in [0.5, 0.6) is 5.75 Å². The summed E-state index contributed by atoms with van der Waals surface area (Å²) in [4.78, 5) is 12.2. The van der Waals surface area contributed by atoms with Crippen LogP contribution in [0.15, 0.2) is 73.2 Å². The van der Waals surface area contributed by atoms with Gasteiger partial charge in [-0.3, -0.25) is 0 Å². The summed E-state index contributed by atoms with van der Waals surface area (Å²) in [7, 11) is 0. The van der Waals surface area contributed by atoms with Gasteiger partial charge in [-0.05, 0) is 54.8 Å². The number of rotatable bonds is 14. The van der Waals surface area contributed by atoms with Crippen molar-refractivity contribution in [1.29, 1.82) is 0 Å². The van der Waals surface area contributed by atoms with Crippen LogP contribution in [0.4, 0.5) is 0 Å². The maximum atomic E-state index is 12.2. The van der Waals surface area contributed by atoms with Crippen molar-refractivity contribution in [3.05, 3.63) is 78.8 Å². The Morgan fingerprint density at radius 3 is 2.13 bits per heavy atom. The lowest BCUT2D eigenvalue weighted by Gasteiger charge is -2.09. The van der Waals surface area contributed by atoms with Crippen LogP contribution in [0, 0.1) is 0 Å². The molecule has 0 aromatic heterocycles. The van der Waals surface area contributed by atoms with Crippen molar-refractivity contribution in [2.75, 3.05) is 13.2 Å². The minimum atomic E-state index is -0.392. The standard InChI is InChI=1S/C27H34O4/c1-4-7-8-9-10-11-20-30-26-18-16-23(17-19-26)22-12-14-24(15-13-22)27(28)31-21-25(5-2)29-6-3/h5-6,12-19H,3-4,7-11,20-21H2,1-2H3/b25-5-. The maximum absolute atomic E-state index is 12.2. The summed E-state index contributed by atoms with van der Waals surface area (Å²) in [5.41, 5.74) is 2.60. The van der Waals surface area contributed by atoms with E-state index in [1.54, 1.807) is 18.2 Å². The summed E-state index contributed by atoms with van der Waals surface area (Å²) in [5, 5.41) is 0. The van der Waals surface area contributed by atoms with E-state index in [2.05, 4.69) is 13.5 Å². The Hall–Kier alpha value is -3.01. The van der Waals surface area contributed by atoms with Gasteiger partial charge in [0.15, 0.2) is 0 Å². The summed E-state index contributed by atoms with van der Waals surface area (Å²) in [6.45, 7) is 8.37. The van der Waals surface area contributed by atoms with E-state index < -0.39 is 5.97 Å². The van der Waals surface area contributed by atoms with Crippen LogP contribution in [-0.4, -0.2) is 19.2 Å². The second-order valence-corrected chi connectivity index (χ2v) is 7.33. The Morgan fingerprint density at radius 1 is 0.903 bits per heavy atom. The summed E-state index contributed by atoms with van der Waals surface area (Å²) >= 11 is 0. The fourth-order valence-corrected chi connectivity index (χ4v) is 3.13. The highest BCUT2D eigenvalue weighted by molar-refractivity contribution is 5.90. The monoisotopic (exact) mass is 422 g/mol. The van der Waals surface area contributed by atoms with Gasteiger partial charge >= 0.3 is 5.97 Å². The first-order valence-corrected chi connectivity index (χ1v) is 11.1. The van der Waals surface area contributed by atoms with Crippen molar-refractivity contribution >= 4 is 5.97 Å². The number of allylic oxidation sites excluding steroid dienone is 1. The van der Waals surface area contributed by atoms with E-state index in [4.69, 9.17) is 14.2 Å². The van der Waals surface area contributed by atoms with Crippen LogP contribution >= 0.6 is 0 Å². The minimum Gasteiger partial charge on any atom is -0.494 e. The largest absolute Gasteiger partial charge is 0.494 e. The molecule has 0 aliphatic heterocycles. The number of unbranched alkanes of at least 4 members (excludes halogenated alkanes) is 5. The fraction of sp³-hybridized carbons (Fsp3) is 0.370. The van der Waals surface area contributed by atoms with Crippen LogP contribution in [0.25, 0.3) is 11.1 Å². The summed E-state index contributed by atoms with van der Waals surface area (Å²) < 4.78 is 16.3. The zero-order valence-corrected chi connectivity index (χ0v) is 18.8. The molecule has 2 aromatic rings. The predicted octanol–water partition coefficient (Wildman–Crippen LogP) is 7.31. The normalized spacial score (nSPS) is 11.1. The van der Waals surface area contributed by atoms with Crippen molar-refractivity contribution < 1.29 is 19.0 Å². The molecule has 0 bridgehead atoms. The molecule has 31 heavy (non-hydrogen) atoms. The Bertz CT molecular complexity index is 819. The summed E-state index contributed by atoms with van der Waals surface area (Å²) in [6, 6.07) is 15.4. The van der Waals surface area contributed by atoms with Gasteiger partial charge in [0.2, 0.25) is 0 Å². The van der Waals surface area contributed by atoms with Gasteiger partial charge in [0.05, 0.1) is 18.4 Å². The molecule has 0 unspecified atom stereocenters. The van der Waals surface area contributed by atoms with Crippen molar-refractivity contribution in [3.8, 4) is 16.9 Å². The fourth-order valence-electron chi connectivity index (χ4n) is 3.13. The van der Waals surface area contributed by atoms with Crippen LogP contribution in [0.1, 0.15) is 62.7 Å². The van der Waals surface area contributed by atoms with Crippen LogP contribution in [0.3, 0.4) is 0 Å². The number of hydrogen-bond donors (Lipinski definition) is 0. The molecular weight excluding hydrogens is 388 g/mol. The Labute approximate surface area is 186 Å². The van der Waals surface area contributed by atoms with Crippen molar-refractivity contribution in [1.82, 2.24) is 0 Å². The quantitative estimate of drug-likeness (QED) is 0.182. The first kappa shape index (κ1) is 24.3. The molecule has 0 atom stereocenters. The number of carbonyl (C=O) groups excluding carboxylic acids is 1. The third-order valence-electron chi connectivity index (χ3n) is 4.98. The smallest absolute Gasteiger partial charge is 0.338 e. The Balaban J connectivity index is 1.81. The molecule has 0 saturated carbocycles. The first-order valence-electron chi connectivity index (χ1n) is 11.1. The van der Waals surface area contributed by atoms with Crippen molar-refractivity contribution in [3.63, 3.8) is 0 Å². The Kier molecular flexibility index (Phi) is 11.0. The van der Waals surface area contributed by atoms with Gasteiger partial charge < -0.3 is 14.2 Å². The zero-order valence-electron chi connectivity index (χ0n) is 18.8. The van der Waals surface area contributed by atoms with Crippen molar-refractivity contribution in [2.24, 2.45) is 0 Å². The third kappa shape index (κ3) is 8.71. The number of carbonyl (C=O) groups is 1. The lowest BCUT2D eigenvalue weighted by Crippen LogP contribution is -2.08. The van der Waals surface area contributed by atoms with Gasteiger partial charge in [0.1, 0.15) is 18.1 Å². The minimum absolute atomic E-state index is 0.0727. The van der Waals surface area contributed by atoms with Gasteiger partial charge in [-0.1, -0.05) is 69.9 Å². The van der Waals surface area contributed by atoms with E-state index in [0.29, 0.717) is 11.3 Å². The second-order valence-electron chi connectivity index (χ2n) is 7.33. The average Bonchev–Trinajstić information content (AvgIpc) is 2.81. The maximum Gasteiger partial charge on any atom is 0.338 e. The molecule has 4 heteroatoms. The average molecular weight is 423 g/mol. The highest BCUT2D eigenvalue weighted by atomic mass is 16.6. The molecule has 0 radical (unpaired) electrons. The summed E-state index contributed by atoms with van der Waals surface area (Å²) in [5.74, 6) is 1.04. The first-order chi connectivity index (χ1) is 15.2. The predicted molar refractivity (Wildman–Crippen MR) is 126 cm³/mol. The molecule has 2 aromatic carbocycles. The topological polar surface area (TPSA) is 44.8 Å². The lowest BCUT2D eigenvalue weighted by molar-refractivity contribution is 0.0496. The molecule has 0 heterocycles. The number of ether oxygens (including phenoxy) is 3. The second kappa shape index (κ2) is 14.1. The van der Waals surface area contributed by atoms with Crippen molar-refractivity contribution in [2.45, 2.75) is 52.4 Å². The highest BCUT2D eigenvalue weighted by Crippen LogP contribution is 2.23. The molecule has 0 aliphatic rings.